The summed E-state index contributed by atoms with van der Waals surface area (Å²) in [6.45, 7) is 4.15. The van der Waals surface area contributed by atoms with Crippen LogP contribution in [0.1, 0.15) is 46.0 Å². The summed E-state index contributed by atoms with van der Waals surface area (Å²) in [5, 5.41) is 0. The first-order chi connectivity index (χ1) is 6.27. The fourth-order valence-electron chi connectivity index (χ4n) is 1.02. The van der Waals surface area contributed by atoms with E-state index in [2.05, 4.69) is 19.1 Å². The minimum atomic E-state index is -0.195. The van der Waals surface area contributed by atoms with Crippen molar-refractivity contribution in [1.82, 2.24) is 0 Å². The number of unbranched alkanes of at least 4 members (excludes halogenated alkanes) is 3. The SMILES string of the molecule is CCCCC/C=C/CCOC(C)=O. The number of carbonyl (C=O) groups is 1. The van der Waals surface area contributed by atoms with Crippen LogP contribution in [0.25, 0.3) is 0 Å². The quantitative estimate of drug-likeness (QED) is 0.345. The second kappa shape index (κ2) is 9.30. The monoisotopic (exact) mass is 184 g/mol. The van der Waals surface area contributed by atoms with Crippen LogP contribution in [-0.4, -0.2) is 12.6 Å². The van der Waals surface area contributed by atoms with E-state index in [1.165, 1.54) is 26.2 Å². The standard InChI is InChI=1S/C11H20O2/c1-3-4-5-6-7-8-9-10-13-11(2)12/h7-8H,3-6,9-10H2,1-2H3/b8-7+. The second-order valence-corrected chi connectivity index (χ2v) is 3.10. The number of hydrogen-bond donors (Lipinski definition) is 0. The Labute approximate surface area is 81.0 Å². The van der Waals surface area contributed by atoms with E-state index in [9.17, 15) is 4.79 Å². The summed E-state index contributed by atoms with van der Waals surface area (Å²) in [6, 6.07) is 0. The first-order valence-electron chi connectivity index (χ1n) is 5.05. The molecule has 0 unspecified atom stereocenters. The Kier molecular flexibility index (Phi) is 8.73. The van der Waals surface area contributed by atoms with E-state index < -0.39 is 0 Å². The minimum absolute atomic E-state index is 0.195. The summed E-state index contributed by atoms with van der Waals surface area (Å²) in [7, 11) is 0. The highest BCUT2D eigenvalue weighted by Crippen LogP contribution is 2.00. The zero-order valence-electron chi connectivity index (χ0n) is 8.71. The lowest BCUT2D eigenvalue weighted by Gasteiger charge is -1.96. The van der Waals surface area contributed by atoms with Gasteiger partial charge in [0.25, 0.3) is 0 Å². The van der Waals surface area contributed by atoms with Crippen LogP contribution in [0.15, 0.2) is 12.2 Å². The number of rotatable bonds is 7. The Hall–Kier alpha value is -0.790. The fraction of sp³-hybridized carbons (Fsp3) is 0.727. The average molecular weight is 184 g/mol. The summed E-state index contributed by atoms with van der Waals surface area (Å²) in [5.74, 6) is -0.195. The molecular formula is C11H20O2. The molecule has 0 aromatic rings. The lowest BCUT2D eigenvalue weighted by molar-refractivity contribution is -0.140. The van der Waals surface area contributed by atoms with Gasteiger partial charge in [-0.2, -0.15) is 0 Å². The van der Waals surface area contributed by atoms with Crippen molar-refractivity contribution in [3.8, 4) is 0 Å². The normalized spacial score (nSPS) is 10.6. The molecular weight excluding hydrogens is 164 g/mol. The predicted molar refractivity (Wildman–Crippen MR) is 54.5 cm³/mol. The van der Waals surface area contributed by atoms with E-state index in [-0.39, 0.29) is 5.97 Å². The third kappa shape index (κ3) is 11.2. The van der Waals surface area contributed by atoms with Gasteiger partial charge in [-0.05, 0) is 19.3 Å². The molecule has 0 fully saturated rings. The van der Waals surface area contributed by atoms with Gasteiger partial charge in [-0.3, -0.25) is 4.79 Å². The summed E-state index contributed by atoms with van der Waals surface area (Å²) in [5.41, 5.74) is 0. The molecule has 0 spiro atoms. The molecule has 76 valence electrons. The average Bonchev–Trinajstić information content (AvgIpc) is 2.09. The Morgan fingerprint density at radius 1 is 1.23 bits per heavy atom. The molecule has 0 N–H and O–H groups in total. The van der Waals surface area contributed by atoms with Crippen LogP contribution in [0.4, 0.5) is 0 Å². The van der Waals surface area contributed by atoms with Crippen molar-refractivity contribution >= 4 is 5.97 Å². The Morgan fingerprint density at radius 3 is 2.54 bits per heavy atom. The fourth-order valence-corrected chi connectivity index (χ4v) is 1.02. The molecule has 0 saturated heterocycles. The van der Waals surface area contributed by atoms with Gasteiger partial charge in [0.1, 0.15) is 0 Å². The number of allylic oxidation sites excluding steroid dienone is 1. The predicted octanol–water partition coefficient (Wildman–Crippen LogP) is 3.08. The minimum Gasteiger partial charge on any atom is -0.466 e. The molecule has 13 heavy (non-hydrogen) atoms. The maximum absolute atomic E-state index is 10.4. The lowest BCUT2D eigenvalue weighted by Crippen LogP contribution is -1.98. The van der Waals surface area contributed by atoms with Gasteiger partial charge in [0.2, 0.25) is 0 Å². The third-order valence-electron chi connectivity index (χ3n) is 1.73. The number of esters is 1. The molecule has 0 radical (unpaired) electrons. The van der Waals surface area contributed by atoms with Crippen LogP contribution in [-0.2, 0) is 9.53 Å². The topological polar surface area (TPSA) is 26.3 Å². The summed E-state index contributed by atoms with van der Waals surface area (Å²) >= 11 is 0. The molecule has 0 heterocycles. The summed E-state index contributed by atoms with van der Waals surface area (Å²) in [4.78, 5) is 10.4. The van der Waals surface area contributed by atoms with Gasteiger partial charge in [-0.15, -0.1) is 0 Å². The van der Waals surface area contributed by atoms with Gasteiger partial charge in [-0.25, -0.2) is 0 Å². The van der Waals surface area contributed by atoms with Crippen molar-refractivity contribution in [3.63, 3.8) is 0 Å². The van der Waals surface area contributed by atoms with Gasteiger partial charge in [0, 0.05) is 6.92 Å². The van der Waals surface area contributed by atoms with Gasteiger partial charge in [0.15, 0.2) is 0 Å². The van der Waals surface area contributed by atoms with E-state index >= 15 is 0 Å². The van der Waals surface area contributed by atoms with Gasteiger partial charge in [0.05, 0.1) is 6.61 Å². The van der Waals surface area contributed by atoms with Crippen LogP contribution in [0.5, 0.6) is 0 Å². The van der Waals surface area contributed by atoms with Crippen LogP contribution in [0.3, 0.4) is 0 Å². The highest BCUT2D eigenvalue weighted by atomic mass is 16.5. The Balaban J connectivity index is 3.08. The Bertz CT molecular complexity index is 150. The van der Waals surface area contributed by atoms with Crippen LogP contribution < -0.4 is 0 Å². The molecule has 0 aliphatic carbocycles. The number of ether oxygens (including phenoxy) is 1. The van der Waals surface area contributed by atoms with Crippen molar-refractivity contribution in [2.45, 2.75) is 46.0 Å². The van der Waals surface area contributed by atoms with Crippen LogP contribution in [0.2, 0.25) is 0 Å². The molecule has 0 rings (SSSR count). The van der Waals surface area contributed by atoms with Gasteiger partial charge < -0.3 is 4.74 Å². The van der Waals surface area contributed by atoms with E-state index in [0.29, 0.717) is 6.61 Å². The molecule has 0 saturated carbocycles. The molecule has 0 bridgehead atoms. The molecule has 2 heteroatoms. The van der Waals surface area contributed by atoms with E-state index in [1.54, 1.807) is 0 Å². The third-order valence-corrected chi connectivity index (χ3v) is 1.73. The van der Waals surface area contributed by atoms with Crippen molar-refractivity contribution < 1.29 is 9.53 Å². The number of carbonyl (C=O) groups excluding carboxylic acids is 1. The maximum atomic E-state index is 10.4. The highest BCUT2D eigenvalue weighted by molar-refractivity contribution is 5.65. The van der Waals surface area contributed by atoms with Crippen LogP contribution in [0, 0.1) is 0 Å². The number of hydrogen-bond acceptors (Lipinski definition) is 2. The smallest absolute Gasteiger partial charge is 0.302 e. The van der Waals surface area contributed by atoms with Gasteiger partial charge >= 0.3 is 5.97 Å². The largest absolute Gasteiger partial charge is 0.466 e. The molecule has 2 nitrogen and oxygen atoms in total. The molecule has 0 aliphatic heterocycles. The molecule has 0 amide bonds. The Morgan fingerprint density at radius 2 is 1.92 bits per heavy atom. The van der Waals surface area contributed by atoms with E-state index in [4.69, 9.17) is 4.74 Å². The summed E-state index contributed by atoms with van der Waals surface area (Å²) < 4.78 is 4.78. The first kappa shape index (κ1) is 12.2. The second-order valence-electron chi connectivity index (χ2n) is 3.10. The van der Waals surface area contributed by atoms with Crippen molar-refractivity contribution in [2.24, 2.45) is 0 Å². The van der Waals surface area contributed by atoms with Crippen LogP contribution >= 0.6 is 0 Å². The van der Waals surface area contributed by atoms with Gasteiger partial charge in [-0.1, -0.05) is 31.9 Å². The molecule has 0 atom stereocenters. The zero-order valence-corrected chi connectivity index (χ0v) is 8.71. The maximum Gasteiger partial charge on any atom is 0.302 e. The zero-order chi connectivity index (χ0) is 9.94. The first-order valence-corrected chi connectivity index (χ1v) is 5.05. The summed E-state index contributed by atoms with van der Waals surface area (Å²) in [6.07, 6.45) is 10.1. The molecule has 0 aromatic carbocycles. The van der Waals surface area contributed by atoms with Crippen molar-refractivity contribution in [3.05, 3.63) is 12.2 Å². The molecule has 0 aliphatic rings. The van der Waals surface area contributed by atoms with E-state index in [0.717, 1.165) is 12.8 Å². The lowest BCUT2D eigenvalue weighted by atomic mass is 10.2. The van der Waals surface area contributed by atoms with E-state index in [1.807, 2.05) is 0 Å². The highest BCUT2D eigenvalue weighted by Gasteiger charge is 1.88. The molecule has 0 aromatic heterocycles. The van der Waals surface area contributed by atoms with Crippen molar-refractivity contribution in [2.75, 3.05) is 6.61 Å². The van der Waals surface area contributed by atoms with Crippen molar-refractivity contribution in [1.29, 1.82) is 0 Å².